The summed E-state index contributed by atoms with van der Waals surface area (Å²) in [6.07, 6.45) is 10.0. The number of rotatable bonds is 0. The van der Waals surface area contributed by atoms with Crippen LogP contribution < -0.4 is 0 Å². The van der Waals surface area contributed by atoms with E-state index in [1.165, 1.54) is 0 Å². The van der Waals surface area contributed by atoms with Gasteiger partial charge in [-0.2, -0.15) is 0 Å². The summed E-state index contributed by atoms with van der Waals surface area (Å²) in [5.41, 5.74) is 0. The first kappa shape index (κ1) is 24.1. The largest absolute Gasteiger partial charge is 0.342 e. The van der Waals surface area contributed by atoms with Gasteiger partial charge in [-0.05, 0) is 0 Å². The van der Waals surface area contributed by atoms with E-state index >= 15 is 0 Å². The number of hydrogen-bond acceptors (Lipinski definition) is 0. The molecule has 85 valence electrons. The molecule has 0 heterocycles. The topological polar surface area (TPSA) is 39.8 Å². The maximum atomic E-state index is 7.50. The fourth-order valence-electron chi connectivity index (χ4n) is 0.321. The van der Waals surface area contributed by atoms with Crippen LogP contribution in [0.2, 0.25) is 19.6 Å². The van der Waals surface area contributed by atoms with Crippen molar-refractivity contribution in [2.45, 2.75) is 19.6 Å². The maximum absolute atomic E-state index is 7.50. The summed E-state index contributed by atoms with van der Waals surface area (Å²) in [7, 11) is -0.861. The van der Waals surface area contributed by atoms with E-state index < -0.39 is 8.07 Å². The van der Waals surface area contributed by atoms with E-state index in [9.17, 15) is 0 Å². The Balaban J connectivity index is -0.0000000580. The average molecular weight is 264 g/mol. The zero-order valence-corrected chi connectivity index (χ0v) is 11.4. The summed E-state index contributed by atoms with van der Waals surface area (Å²) < 4.78 is 15.0. The first-order valence-electron chi connectivity index (χ1n) is 3.93. The standard InChI is InChI=1S/C5H5.C4H11Si.2CO.Fe/c1-2-4-5-3-1;1-5(2,3)4;2*1-2;/h1-5H;1H2,2-4H3;;;/q;-1;;;. The summed E-state index contributed by atoms with van der Waals surface area (Å²) in [6, 6.07) is 0. The van der Waals surface area contributed by atoms with Gasteiger partial charge in [-0.1, -0.05) is 43.9 Å². The average Bonchev–Trinajstić information content (AvgIpc) is 2.64. The van der Waals surface area contributed by atoms with Gasteiger partial charge < -0.3 is 6.55 Å². The predicted molar refractivity (Wildman–Crippen MR) is 59.1 cm³/mol. The van der Waals surface area contributed by atoms with Crippen LogP contribution in [0.15, 0.2) is 24.3 Å². The van der Waals surface area contributed by atoms with Crippen LogP contribution >= 0.6 is 0 Å². The van der Waals surface area contributed by atoms with Crippen molar-refractivity contribution < 1.29 is 26.4 Å². The van der Waals surface area contributed by atoms with Gasteiger partial charge in [0.25, 0.3) is 0 Å². The van der Waals surface area contributed by atoms with Crippen LogP contribution in [0.25, 0.3) is 0 Å². The summed E-state index contributed by atoms with van der Waals surface area (Å²) >= 11 is 0. The van der Waals surface area contributed by atoms with Crippen molar-refractivity contribution >= 4 is 8.07 Å². The van der Waals surface area contributed by atoms with Crippen LogP contribution in [-0.2, 0) is 26.4 Å². The Bertz CT molecular complexity index is 178. The predicted octanol–water partition coefficient (Wildman–Crippen LogP) is 2.94. The SMILES string of the molecule is [C-]#[O+].[C-]#[O+].[CH2-][Si](C)(C)C.[CH]1C=CC=C1.[Fe]. The molecule has 0 amide bonds. The number of hydrogen-bond donors (Lipinski definition) is 0. The van der Waals surface area contributed by atoms with E-state index in [-0.39, 0.29) is 17.1 Å². The van der Waals surface area contributed by atoms with Gasteiger partial charge in [0.2, 0.25) is 0 Å². The summed E-state index contributed by atoms with van der Waals surface area (Å²) in [6.45, 7) is 19.6. The smallest absolute Gasteiger partial charge is 0.00506 e. The third kappa shape index (κ3) is 85.0. The molecule has 0 saturated heterocycles. The summed E-state index contributed by atoms with van der Waals surface area (Å²) in [4.78, 5) is 0. The quantitative estimate of drug-likeness (QED) is 0.366. The van der Waals surface area contributed by atoms with Gasteiger partial charge in [0.05, 0.1) is 0 Å². The molecule has 15 heavy (non-hydrogen) atoms. The molecule has 0 N–H and O–H groups in total. The van der Waals surface area contributed by atoms with E-state index in [0.29, 0.717) is 0 Å². The third-order valence-electron chi connectivity index (χ3n) is 0.556. The minimum absolute atomic E-state index is 0. The Morgan fingerprint density at radius 2 is 1.07 bits per heavy atom. The minimum atomic E-state index is -0.861. The second-order valence-corrected chi connectivity index (χ2v) is 8.64. The summed E-state index contributed by atoms with van der Waals surface area (Å²) in [5, 5.41) is 0. The Labute approximate surface area is 105 Å². The molecule has 0 bridgehead atoms. The molecule has 0 aromatic carbocycles. The van der Waals surface area contributed by atoms with Crippen molar-refractivity contribution in [3.63, 3.8) is 0 Å². The molecule has 0 spiro atoms. The Morgan fingerprint density at radius 1 is 0.867 bits per heavy atom. The van der Waals surface area contributed by atoms with Crippen LogP contribution in [0.1, 0.15) is 0 Å². The van der Waals surface area contributed by atoms with Gasteiger partial charge in [0.1, 0.15) is 0 Å². The monoisotopic (exact) mass is 264 g/mol. The second-order valence-electron chi connectivity index (χ2n) is 3.52. The molecule has 0 fully saturated rings. The van der Waals surface area contributed by atoms with Crippen LogP contribution in [0.4, 0.5) is 0 Å². The van der Waals surface area contributed by atoms with Gasteiger partial charge in [-0.3, -0.25) is 0 Å². The number of allylic oxidation sites excluding steroid dienone is 4. The zero-order valence-electron chi connectivity index (χ0n) is 9.26. The van der Waals surface area contributed by atoms with E-state index in [4.69, 9.17) is 9.30 Å². The molecule has 0 saturated carbocycles. The fourth-order valence-corrected chi connectivity index (χ4v) is 0.321. The molecular weight excluding hydrogens is 248 g/mol. The van der Waals surface area contributed by atoms with Crippen molar-refractivity contribution in [1.82, 2.24) is 0 Å². The maximum Gasteiger partial charge on any atom is 0.00506 e. The van der Waals surface area contributed by atoms with Crippen LogP contribution in [0.3, 0.4) is 0 Å². The molecule has 0 aromatic rings. The van der Waals surface area contributed by atoms with Gasteiger partial charge in [0.15, 0.2) is 0 Å². The van der Waals surface area contributed by atoms with E-state index in [1.54, 1.807) is 0 Å². The Hall–Kier alpha value is -0.304. The van der Waals surface area contributed by atoms with Gasteiger partial charge in [-0.25, -0.2) is 0 Å². The molecule has 2 nitrogen and oxygen atoms in total. The molecular formula is C11H16FeO2Si-. The van der Waals surface area contributed by atoms with E-state index in [1.807, 2.05) is 30.7 Å². The van der Waals surface area contributed by atoms with Gasteiger partial charge in [-0.15, -0.1) is 8.07 Å². The Morgan fingerprint density at radius 3 is 1.13 bits per heavy atom. The minimum Gasteiger partial charge on any atom is -0.342 e. The fraction of sp³-hybridized carbons (Fsp3) is 0.273. The van der Waals surface area contributed by atoms with Crippen molar-refractivity contribution in [2.75, 3.05) is 0 Å². The van der Waals surface area contributed by atoms with Crippen LogP contribution in [0, 0.1) is 26.3 Å². The van der Waals surface area contributed by atoms with Crippen molar-refractivity contribution in [2.24, 2.45) is 0 Å². The second kappa shape index (κ2) is 19.3. The molecule has 0 aliphatic heterocycles. The molecule has 0 atom stereocenters. The molecule has 0 aromatic heterocycles. The first-order chi connectivity index (χ1) is 6.50. The normalized spacial score (nSPS) is 10.1. The van der Waals surface area contributed by atoms with Gasteiger partial charge >= 0.3 is 22.6 Å². The van der Waals surface area contributed by atoms with E-state index in [2.05, 4.69) is 39.5 Å². The first-order valence-corrected chi connectivity index (χ1v) is 7.64. The Kier molecular flexibility index (Phi) is 31.0. The zero-order chi connectivity index (χ0) is 12.0. The van der Waals surface area contributed by atoms with Gasteiger partial charge in [0, 0.05) is 23.5 Å². The van der Waals surface area contributed by atoms with Crippen molar-refractivity contribution in [1.29, 1.82) is 0 Å². The molecule has 1 aliphatic carbocycles. The molecule has 1 aliphatic rings. The van der Waals surface area contributed by atoms with Crippen molar-refractivity contribution in [3.05, 3.63) is 50.6 Å². The molecule has 4 heteroatoms. The molecule has 1 radical (unpaired) electrons. The van der Waals surface area contributed by atoms with Crippen LogP contribution in [-0.4, -0.2) is 8.07 Å². The van der Waals surface area contributed by atoms with Crippen molar-refractivity contribution in [3.8, 4) is 0 Å². The third-order valence-corrected chi connectivity index (χ3v) is 0.556. The van der Waals surface area contributed by atoms with Crippen LogP contribution in [0.5, 0.6) is 0 Å². The molecule has 1 rings (SSSR count). The summed E-state index contributed by atoms with van der Waals surface area (Å²) in [5.74, 6) is 0. The van der Waals surface area contributed by atoms with E-state index in [0.717, 1.165) is 0 Å². The molecule has 0 unspecified atom stereocenters.